The Morgan fingerprint density at radius 2 is 1.77 bits per heavy atom. The SMILES string of the molecule is Cc1ccc(OC(F)F)c(Cn2c3cc(-c4cnc(N5CCN(C(=O)[C@H](C)NC(=O)OC(C)(C)C)[C@@H](C)C5)nc4)ccc3c(=O)n2C)c1. The van der Waals surface area contributed by atoms with Gasteiger partial charge in [-0.25, -0.2) is 14.8 Å². The molecule has 2 aromatic heterocycles. The van der Waals surface area contributed by atoms with Gasteiger partial charge in [0.2, 0.25) is 11.9 Å². The molecule has 2 amide bonds. The van der Waals surface area contributed by atoms with Crippen molar-refractivity contribution in [2.24, 2.45) is 7.05 Å². The summed E-state index contributed by atoms with van der Waals surface area (Å²) in [5.41, 5.74) is 2.64. The van der Waals surface area contributed by atoms with Crippen LogP contribution in [0.1, 0.15) is 45.7 Å². The van der Waals surface area contributed by atoms with Crippen molar-refractivity contribution in [3.63, 3.8) is 0 Å². The zero-order valence-corrected chi connectivity index (χ0v) is 28.2. The fourth-order valence-corrected chi connectivity index (χ4v) is 5.84. The highest BCUT2D eigenvalue weighted by molar-refractivity contribution is 5.86. The molecule has 3 heterocycles. The Bertz CT molecular complexity index is 1870. The topological polar surface area (TPSA) is 124 Å². The molecular formula is C34H41F2N7O5. The number of aryl methyl sites for hydroxylation is 1. The molecule has 256 valence electrons. The van der Waals surface area contributed by atoms with Crippen molar-refractivity contribution >= 4 is 28.9 Å². The number of nitrogens with one attached hydrogen (secondary N) is 1. The first kappa shape index (κ1) is 34.3. The van der Waals surface area contributed by atoms with Crippen molar-refractivity contribution in [1.29, 1.82) is 0 Å². The Kier molecular flexibility index (Phi) is 9.74. The fraction of sp³-hybridized carbons (Fsp3) is 0.441. The molecule has 2 atom stereocenters. The van der Waals surface area contributed by atoms with Crippen molar-refractivity contribution in [3.05, 3.63) is 70.3 Å². The minimum Gasteiger partial charge on any atom is -0.444 e. The number of ether oxygens (including phenoxy) is 2. The minimum absolute atomic E-state index is 0.0524. The van der Waals surface area contributed by atoms with Gasteiger partial charge in [0.25, 0.3) is 5.56 Å². The number of rotatable bonds is 8. The van der Waals surface area contributed by atoms with Crippen LogP contribution >= 0.6 is 0 Å². The van der Waals surface area contributed by atoms with Gasteiger partial charge in [0.15, 0.2) is 0 Å². The Balaban J connectivity index is 1.31. The Morgan fingerprint density at radius 1 is 1.06 bits per heavy atom. The Hall–Kier alpha value is -5.01. The Labute approximate surface area is 277 Å². The van der Waals surface area contributed by atoms with Gasteiger partial charge in [0, 0.05) is 56.2 Å². The van der Waals surface area contributed by atoms with Gasteiger partial charge in [0.05, 0.1) is 17.4 Å². The van der Waals surface area contributed by atoms with Gasteiger partial charge in [-0.3, -0.25) is 19.0 Å². The van der Waals surface area contributed by atoms with Crippen LogP contribution in [0.15, 0.2) is 53.6 Å². The van der Waals surface area contributed by atoms with E-state index in [-0.39, 0.29) is 29.8 Å². The van der Waals surface area contributed by atoms with E-state index in [4.69, 9.17) is 9.47 Å². The Morgan fingerprint density at radius 3 is 2.42 bits per heavy atom. The van der Waals surface area contributed by atoms with Gasteiger partial charge in [-0.1, -0.05) is 23.8 Å². The third-order valence-corrected chi connectivity index (χ3v) is 8.18. The van der Waals surface area contributed by atoms with E-state index in [0.717, 1.165) is 16.7 Å². The third-order valence-electron chi connectivity index (χ3n) is 8.18. The first-order valence-electron chi connectivity index (χ1n) is 15.7. The summed E-state index contributed by atoms with van der Waals surface area (Å²) in [6.07, 6.45) is 2.77. The number of nitrogens with zero attached hydrogens (tertiary/aromatic N) is 6. The molecular weight excluding hydrogens is 624 g/mol. The number of hydrogen-bond acceptors (Lipinski definition) is 8. The summed E-state index contributed by atoms with van der Waals surface area (Å²) in [6, 6.07) is 9.49. The van der Waals surface area contributed by atoms with Crippen LogP contribution < -0.4 is 20.5 Å². The molecule has 5 rings (SSSR count). The summed E-state index contributed by atoms with van der Waals surface area (Å²) in [5.74, 6) is 0.372. The molecule has 1 aliphatic heterocycles. The van der Waals surface area contributed by atoms with Gasteiger partial charge >= 0.3 is 12.7 Å². The van der Waals surface area contributed by atoms with E-state index < -0.39 is 24.3 Å². The highest BCUT2D eigenvalue weighted by Crippen LogP contribution is 2.27. The number of carbonyl (C=O) groups excluding carboxylic acids is 2. The monoisotopic (exact) mass is 665 g/mol. The molecule has 0 radical (unpaired) electrons. The van der Waals surface area contributed by atoms with Gasteiger partial charge in [-0.15, -0.1) is 0 Å². The number of halogens is 2. The maximum atomic E-state index is 13.1. The van der Waals surface area contributed by atoms with E-state index in [1.54, 1.807) is 74.9 Å². The van der Waals surface area contributed by atoms with Crippen LogP contribution in [0.4, 0.5) is 19.5 Å². The number of alkyl carbamates (subject to hydrolysis) is 1. The number of fused-ring (bicyclic) bond motifs is 1. The number of amides is 2. The van der Waals surface area contributed by atoms with Gasteiger partial charge in [-0.2, -0.15) is 8.78 Å². The van der Waals surface area contributed by atoms with Crippen LogP contribution in [0, 0.1) is 6.92 Å². The summed E-state index contributed by atoms with van der Waals surface area (Å²) in [5, 5.41) is 3.10. The van der Waals surface area contributed by atoms with Crippen molar-refractivity contribution in [2.75, 3.05) is 24.5 Å². The van der Waals surface area contributed by atoms with Crippen molar-refractivity contribution < 1.29 is 27.8 Å². The lowest BCUT2D eigenvalue weighted by Gasteiger charge is -2.40. The van der Waals surface area contributed by atoms with Gasteiger partial charge in [-0.05, 0) is 65.3 Å². The highest BCUT2D eigenvalue weighted by atomic mass is 19.3. The fourth-order valence-electron chi connectivity index (χ4n) is 5.84. The van der Waals surface area contributed by atoms with Crippen LogP contribution in [0.5, 0.6) is 5.75 Å². The second-order valence-electron chi connectivity index (χ2n) is 13.1. The second kappa shape index (κ2) is 13.6. The molecule has 1 fully saturated rings. The molecule has 1 saturated heterocycles. The average molecular weight is 666 g/mol. The van der Waals surface area contributed by atoms with E-state index in [9.17, 15) is 23.2 Å². The number of benzene rings is 2. The molecule has 48 heavy (non-hydrogen) atoms. The first-order chi connectivity index (χ1) is 22.6. The first-order valence-corrected chi connectivity index (χ1v) is 15.7. The molecule has 14 heteroatoms. The number of carbonyl (C=O) groups is 2. The smallest absolute Gasteiger partial charge is 0.408 e. The van der Waals surface area contributed by atoms with Crippen LogP contribution in [-0.4, -0.2) is 80.2 Å². The zero-order valence-electron chi connectivity index (χ0n) is 28.2. The lowest BCUT2D eigenvalue weighted by molar-refractivity contribution is -0.135. The molecule has 0 spiro atoms. The van der Waals surface area contributed by atoms with E-state index in [2.05, 4.69) is 15.3 Å². The summed E-state index contributed by atoms with van der Waals surface area (Å²) < 4.78 is 39.4. The minimum atomic E-state index is -2.97. The van der Waals surface area contributed by atoms with Crippen LogP contribution in [0.2, 0.25) is 0 Å². The average Bonchev–Trinajstić information content (AvgIpc) is 3.25. The molecule has 4 aromatic rings. The maximum Gasteiger partial charge on any atom is 0.408 e. The number of piperazine rings is 1. The van der Waals surface area contributed by atoms with E-state index in [0.29, 0.717) is 42.0 Å². The molecule has 1 aliphatic rings. The number of anilines is 1. The number of alkyl halides is 2. The van der Waals surface area contributed by atoms with E-state index in [1.807, 2.05) is 30.9 Å². The van der Waals surface area contributed by atoms with Crippen LogP contribution in [-0.2, 0) is 23.1 Å². The van der Waals surface area contributed by atoms with Crippen LogP contribution in [0.3, 0.4) is 0 Å². The lowest BCUT2D eigenvalue weighted by Crippen LogP contribution is -2.58. The summed E-state index contributed by atoms with van der Waals surface area (Å²) >= 11 is 0. The lowest BCUT2D eigenvalue weighted by atomic mass is 10.1. The summed E-state index contributed by atoms with van der Waals surface area (Å²) in [4.78, 5) is 51.3. The predicted molar refractivity (Wildman–Crippen MR) is 177 cm³/mol. The zero-order chi connectivity index (χ0) is 34.9. The molecule has 12 nitrogen and oxygen atoms in total. The second-order valence-corrected chi connectivity index (χ2v) is 13.1. The molecule has 1 N–H and O–H groups in total. The quantitative estimate of drug-likeness (QED) is 0.287. The van der Waals surface area contributed by atoms with Crippen molar-refractivity contribution in [1.82, 2.24) is 29.5 Å². The predicted octanol–water partition coefficient (Wildman–Crippen LogP) is 4.71. The van der Waals surface area contributed by atoms with Gasteiger partial charge < -0.3 is 24.6 Å². The van der Waals surface area contributed by atoms with Crippen molar-refractivity contribution in [2.45, 2.75) is 72.4 Å². The summed E-state index contributed by atoms with van der Waals surface area (Å²) in [7, 11) is 1.63. The van der Waals surface area contributed by atoms with Crippen molar-refractivity contribution in [3.8, 4) is 16.9 Å². The maximum absolute atomic E-state index is 13.1. The number of aromatic nitrogens is 4. The summed E-state index contributed by atoms with van der Waals surface area (Å²) in [6.45, 7) is 9.32. The third kappa shape index (κ3) is 7.58. The van der Waals surface area contributed by atoms with E-state index in [1.165, 1.54) is 10.7 Å². The molecule has 0 bridgehead atoms. The molecule has 0 saturated carbocycles. The number of hydrogen-bond donors (Lipinski definition) is 1. The van der Waals surface area contributed by atoms with E-state index >= 15 is 0 Å². The normalized spacial score (nSPS) is 15.9. The molecule has 0 aliphatic carbocycles. The van der Waals surface area contributed by atoms with Crippen LogP contribution in [0.25, 0.3) is 22.0 Å². The highest BCUT2D eigenvalue weighted by Gasteiger charge is 2.32. The molecule has 2 aromatic carbocycles. The largest absolute Gasteiger partial charge is 0.444 e. The van der Waals surface area contributed by atoms with Gasteiger partial charge in [0.1, 0.15) is 17.4 Å². The molecule has 0 unspecified atom stereocenters. The standard InChI is InChI=1S/C34H41F2N7O5/c1-20-8-11-28(47-31(35)36)24(14-20)19-43-27-15-23(9-10-26(27)30(45)40(43)7)25-16-37-32(38-17-25)41-12-13-42(21(2)18-41)29(44)22(3)39-33(46)48-34(4,5)6/h8-11,14-17,21-22,31H,12-13,18-19H2,1-7H3,(H,39,46)/t21-,22-/m0/s1.